The molecule has 0 spiro atoms. The molecule has 0 bridgehead atoms. The number of pyridine rings is 1. The number of para-hydroxylation sites is 1. The molecule has 1 atom stereocenters. The minimum Gasteiger partial charge on any atom is -0.492 e. The van der Waals surface area contributed by atoms with Gasteiger partial charge in [-0.15, -0.1) is 0 Å². The smallest absolute Gasteiger partial charge is 0.326 e. The molecular weight excluding hydrogens is 540 g/mol. The summed E-state index contributed by atoms with van der Waals surface area (Å²) >= 11 is 6.02. The van der Waals surface area contributed by atoms with Crippen molar-refractivity contribution in [3.63, 3.8) is 0 Å². The number of unbranched alkanes of at least 4 members (excludes halogenated alkanes) is 1. The molecule has 41 heavy (non-hydrogen) atoms. The molecular formula is C32H39ClN4O4. The Morgan fingerprint density at radius 2 is 1.90 bits per heavy atom. The van der Waals surface area contributed by atoms with Gasteiger partial charge in [0, 0.05) is 30.4 Å². The number of carboxylic acid groups (broad SMARTS) is 1. The maximum Gasteiger partial charge on any atom is 0.326 e. The maximum atomic E-state index is 12.6. The van der Waals surface area contributed by atoms with Gasteiger partial charge in [0.05, 0.1) is 6.42 Å². The number of carbonyl (C=O) groups excluding carboxylic acids is 1. The summed E-state index contributed by atoms with van der Waals surface area (Å²) in [4.78, 5) is 31.6. The standard InChI is InChI=1S/C32H39ClN4O4/c33-26-10-6-8-24(22-26)23-30(38)36-29(32(39)40)16-19-37(20-21-41-28-12-2-1-3-13-28)18-5-4-11-27-15-14-25-9-7-17-34-31(25)35-27/h1-3,6,8,10,12-15,22,29H,4-5,7,9,11,16-21,23H2,(H,34,35)(H,36,38)(H,39,40)/t29-/m0/s1. The van der Waals surface area contributed by atoms with Crippen LogP contribution in [0.4, 0.5) is 5.82 Å². The molecule has 2 aromatic carbocycles. The number of nitrogens with zero attached hydrogens (tertiary/aromatic N) is 2. The minimum absolute atomic E-state index is 0.0746. The summed E-state index contributed by atoms with van der Waals surface area (Å²) in [6.07, 6.45) is 5.39. The molecule has 0 saturated carbocycles. The molecule has 2 heterocycles. The van der Waals surface area contributed by atoms with Gasteiger partial charge in [0.15, 0.2) is 0 Å². The van der Waals surface area contributed by atoms with Crippen molar-refractivity contribution in [2.45, 2.75) is 51.0 Å². The Morgan fingerprint density at radius 1 is 1.05 bits per heavy atom. The predicted molar refractivity (Wildman–Crippen MR) is 162 cm³/mol. The normalized spacial score (nSPS) is 13.2. The molecule has 218 valence electrons. The number of ether oxygens (including phenoxy) is 1. The highest BCUT2D eigenvalue weighted by molar-refractivity contribution is 6.30. The number of benzene rings is 2. The van der Waals surface area contributed by atoms with Crippen molar-refractivity contribution < 1.29 is 19.4 Å². The number of hydrogen-bond donors (Lipinski definition) is 3. The molecule has 1 aliphatic heterocycles. The van der Waals surface area contributed by atoms with Crippen LogP contribution in [-0.4, -0.2) is 65.7 Å². The number of halogens is 1. The summed E-state index contributed by atoms with van der Waals surface area (Å²) in [5.74, 6) is 0.435. The SMILES string of the molecule is O=C(Cc1cccc(Cl)c1)N[C@@H](CCN(CCCCc1ccc2c(n1)NCCC2)CCOc1ccccc1)C(=O)O. The Balaban J connectivity index is 1.28. The van der Waals surface area contributed by atoms with E-state index in [1.165, 1.54) is 5.56 Å². The third-order valence-corrected chi connectivity index (χ3v) is 7.38. The second kappa shape index (κ2) is 16.0. The zero-order chi connectivity index (χ0) is 28.9. The van der Waals surface area contributed by atoms with Crippen molar-refractivity contribution in [2.24, 2.45) is 0 Å². The summed E-state index contributed by atoms with van der Waals surface area (Å²) in [6.45, 7) is 3.43. The van der Waals surface area contributed by atoms with Gasteiger partial charge in [-0.2, -0.15) is 0 Å². The van der Waals surface area contributed by atoms with Gasteiger partial charge in [0.1, 0.15) is 24.2 Å². The van der Waals surface area contributed by atoms with Crippen LogP contribution in [0.1, 0.15) is 42.5 Å². The monoisotopic (exact) mass is 578 g/mol. The number of aliphatic carboxylic acids is 1. The van der Waals surface area contributed by atoms with Crippen LogP contribution in [0.25, 0.3) is 0 Å². The Kier molecular flexibility index (Phi) is 11.8. The molecule has 1 amide bonds. The van der Waals surface area contributed by atoms with E-state index in [4.69, 9.17) is 21.3 Å². The zero-order valence-electron chi connectivity index (χ0n) is 23.4. The third-order valence-electron chi connectivity index (χ3n) is 7.15. The Bertz CT molecular complexity index is 1270. The van der Waals surface area contributed by atoms with Crippen LogP contribution >= 0.6 is 11.6 Å². The van der Waals surface area contributed by atoms with E-state index in [-0.39, 0.29) is 12.3 Å². The third kappa shape index (κ3) is 10.4. The number of aryl methyl sites for hydroxylation is 2. The second-order valence-electron chi connectivity index (χ2n) is 10.4. The first kappa shape index (κ1) is 30.3. The molecule has 3 aromatic rings. The summed E-state index contributed by atoms with van der Waals surface area (Å²) < 4.78 is 5.90. The summed E-state index contributed by atoms with van der Waals surface area (Å²) in [5, 5.41) is 16.4. The lowest BCUT2D eigenvalue weighted by atomic mass is 10.1. The molecule has 1 aliphatic rings. The first-order valence-electron chi connectivity index (χ1n) is 14.4. The number of rotatable bonds is 16. The van der Waals surface area contributed by atoms with Crippen LogP contribution < -0.4 is 15.4 Å². The van der Waals surface area contributed by atoms with Crippen LogP contribution in [0, 0.1) is 0 Å². The van der Waals surface area contributed by atoms with Gasteiger partial charge >= 0.3 is 5.97 Å². The van der Waals surface area contributed by atoms with E-state index in [0.717, 1.165) is 68.0 Å². The minimum atomic E-state index is -1.04. The number of fused-ring (bicyclic) bond motifs is 1. The average Bonchev–Trinajstić information content (AvgIpc) is 2.97. The average molecular weight is 579 g/mol. The van der Waals surface area contributed by atoms with Crippen molar-refractivity contribution in [3.8, 4) is 5.75 Å². The first-order chi connectivity index (χ1) is 20.0. The molecule has 0 aliphatic carbocycles. The van der Waals surface area contributed by atoms with Crippen LogP contribution in [-0.2, 0) is 28.9 Å². The van der Waals surface area contributed by atoms with Gasteiger partial charge in [-0.05, 0) is 86.5 Å². The molecule has 0 saturated heterocycles. The van der Waals surface area contributed by atoms with E-state index in [1.807, 2.05) is 30.3 Å². The van der Waals surface area contributed by atoms with Gasteiger partial charge < -0.3 is 20.5 Å². The number of nitrogens with one attached hydrogen (secondary N) is 2. The molecule has 4 rings (SSSR count). The number of amides is 1. The van der Waals surface area contributed by atoms with E-state index in [0.29, 0.717) is 31.1 Å². The Hall–Kier alpha value is -3.62. The quantitative estimate of drug-likeness (QED) is 0.206. The fourth-order valence-electron chi connectivity index (χ4n) is 4.94. The van der Waals surface area contributed by atoms with Crippen molar-refractivity contribution in [1.82, 2.24) is 15.2 Å². The summed E-state index contributed by atoms with van der Waals surface area (Å²) in [6, 6.07) is 20.0. The van der Waals surface area contributed by atoms with Gasteiger partial charge in [0.25, 0.3) is 0 Å². The lowest BCUT2D eigenvalue weighted by molar-refractivity contribution is -0.142. The van der Waals surface area contributed by atoms with Gasteiger partial charge in [0.2, 0.25) is 5.91 Å². The number of carbonyl (C=O) groups is 2. The Labute approximate surface area is 247 Å². The molecule has 1 aromatic heterocycles. The van der Waals surface area contributed by atoms with Crippen molar-refractivity contribution in [2.75, 3.05) is 38.1 Å². The van der Waals surface area contributed by atoms with E-state index < -0.39 is 12.0 Å². The fraction of sp³-hybridized carbons (Fsp3) is 0.406. The maximum absolute atomic E-state index is 12.6. The van der Waals surface area contributed by atoms with Crippen molar-refractivity contribution >= 4 is 29.3 Å². The van der Waals surface area contributed by atoms with Crippen molar-refractivity contribution in [1.29, 1.82) is 0 Å². The summed E-state index contributed by atoms with van der Waals surface area (Å²) in [7, 11) is 0. The first-order valence-corrected chi connectivity index (χ1v) is 14.7. The molecule has 0 unspecified atom stereocenters. The van der Waals surface area contributed by atoms with Gasteiger partial charge in [-0.1, -0.05) is 48.0 Å². The van der Waals surface area contributed by atoms with E-state index in [9.17, 15) is 14.7 Å². The molecule has 0 radical (unpaired) electrons. The Morgan fingerprint density at radius 3 is 2.71 bits per heavy atom. The lowest BCUT2D eigenvalue weighted by Crippen LogP contribution is -2.44. The number of anilines is 1. The van der Waals surface area contributed by atoms with E-state index in [1.54, 1.807) is 24.3 Å². The van der Waals surface area contributed by atoms with Crippen LogP contribution in [0.5, 0.6) is 5.75 Å². The van der Waals surface area contributed by atoms with E-state index in [2.05, 4.69) is 27.7 Å². The molecule has 3 N–H and O–H groups in total. The van der Waals surface area contributed by atoms with Gasteiger partial charge in [-0.3, -0.25) is 9.69 Å². The fourth-order valence-corrected chi connectivity index (χ4v) is 5.15. The van der Waals surface area contributed by atoms with Crippen LogP contribution in [0.2, 0.25) is 5.02 Å². The lowest BCUT2D eigenvalue weighted by Gasteiger charge is -2.24. The van der Waals surface area contributed by atoms with Crippen molar-refractivity contribution in [3.05, 3.63) is 88.6 Å². The molecule has 0 fully saturated rings. The molecule has 9 heteroatoms. The second-order valence-corrected chi connectivity index (χ2v) is 10.8. The highest BCUT2D eigenvalue weighted by atomic mass is 35.5. The zero-order valence-corrected chi connectivity index (χ0v) is 24.1. The van der Waals surface area contributed by atoms with E-state index >= 15 is 0 Å². The highest BCUT2D eigenvalue weighted by Crippen LogP contribution is 2.20. The topological polar surface area (TPSA) is 104 Å². The van der Waals surface area contributed by atoms with Gasteiger partial charge in [-0.25, -0.2) is 9.78 Å². The molecule has 8 nitrogen and oxygen atoms in total. The summed E-state index contributed by atoms with van der Waals surface area (Å²) in [5.41, 5.74) is 3.12. The predicted octanol–water partition coefficient (Wildman–Crippen LogP) is 5.00. The number of aromatic nitrogens is 1. The highest BCUT2D eigenvalue weighted by Gasteiger charge is 2.21. The largest absolute Gasteiger partial charge is 0.492 e. The van der Waals surface area contributed by atoms with Crippen LogP contribution in [0.15, 0.2) is 66.7 Å². The number of hydrogen-bond acceptors (Lipinski definition) is 6. The van der Waals surface area contributed by atoms with Crippen LogP contribution in [0.3, 0.4) is 0 Å². The number of carboxylic acids is 1.